The molecule has 0 radical (unpaired) electrons. The van der Waals surface area contributed by atoms with Crippen LogP contribution in [-0.4, -0.2) is 93.6 Å². The Balaban J connectivity index is 1.28. The Morgan fingerprint density at radius 2 is 1.82 bits per heavy atom. The third-order valence-corrected chi connectivity index (χ3v) is 10.5. The lowest BCUT2D eigenvalue weighted by Crippen LogP contribution is -2.61. The van der Waals surface area contributed by atoms with Gasteiger partial charge >= 0.3 is 0 Å². The Morgan fingerprint density at radius 3 is 2.52 bits per heavy atom. The summed E-state index contributed by atoms with van der Waals surface area (Å²) in [6, 6.07) is 19.4. The largest absolute Gasteiger partial charge is 0.341 e. The molecular formula is C30H34Cl2N4O3S. The van der Waals surface area contributed by atoms with Gasteiger partial charge in [0.15, 0.2) is 0 Å². The average Bonchev–Trinajstić information content (AvgIpc) is 2.92. The molecule has 0 aliphatic carbocycles. The molecule has 2 aliphatic heterocycles. The highest BCUT2D eigenvalue weighted by Crippen LogP contribution is 2.41. The van der Waals surface area contributed by atoms with Crippen molar-refractivity contribution in [3.63, 3.8) is 0 Å². The molecule has 2 aliphatic rings. The molecule has 3 aromatic carbocycles. The molecule has 2 fully saturated rings. The van der Waals surface area contributed by atoms with Gasteiger partial charge in [0.2, 0.25) is 0 Å². The van der Waals surface area contributed by atoms with E-state index in [1.165, 1.54) is 0 Å². The standard InChI is InChI=1S/C30H34Cl2N4O3S/c1-34(30(37)27-15-21(17-33)14-23-4-2-3-5-26(23)27)18-24(22-6-7-28(31)29(32)16-22)8-9-35-19-25(20-35)36-10-12-40(38,39)13-11-36/h2-7,14-16,24-25,38-39H,8-13,18-20H2,1H3/t24-/m1/s1. The van der Waals surface area contributed by atoms with E-state index in [9.17, 15) is 19.2 Å². The van der Waals surface area contributed by atoms with Gasteiger partial charge in [0.25, 0.3) is 5.91 Å². The highest BCUT2D eigenvalue weighted by atomic mass is 35.5. The molecule has 2 saturated heterocycles. The molecule has 3 aromatic rings. The maximum atomic E-state index is 13.7. The SMILES string of the molecule is CN(C[C@@H](CCN1CC(N2CCS(O)(O)CC2)C1)c1ccc(Cl)c(Cl)c1)C(=O)c1cc(C#N)cc2ccccc12. The first-order chi connectivity index (χ1) is 19.1. The van der Waals surface area contributed by atoms with Crippen molar-refractivity contribution in [3.8, 4) is 6.07 Å². The summed E-state index contributed by atoms with van der Waals surface area (Å²) < 4.78 is 19.8. The summed E-state index contributed by atoms with van der Waals surface area (Å²) in [6.45, 7) is 4.75. The van der Waals surface area contributed by atoms with E-state index in [1.807, 2.05) is 36.4 Å². The number of likely N-dealkylation sites (tertiary alicyclic amines) is 1. The van der Waals surface area contributed by atoms with E-state index >= 15 is 0 Å². The quantitative estimate of drug-likeness (QED) is 0.329. The summed E-state index contributed by atoms with van der Waals surface area (Å²) in [5.41, 5.74) is 2.01. The summed E-state index contributed by atoms with van der Waals surface area (Å²) in [4.78, 5) is 20.2. The molecule has 0 aromatic heterocycles. The lowest BCUT2D eigenvalue weighted by molar-refractivity contribution is 0.0355. The average molecular weight is 602 g/mol. The van der Waals surface area contributed by atoms with Gasteiger partial charge in [-0.05, 0) is 53.6 Å². The number of nitrogens with zero attached hydrogens (tertiary/aromatic N) is 4. The zero-order valence-corrected chi connectivity index (χ0v) is 24.8. The van der Waals surface area contributed by atoms with E-state index in [1.54, 1.807) is 30.1 Å². The number of rotatable bonds is 8. The Kier molecular flexibility index (Phi) is 8.93. The fourth-order valence-electron chi connectivity index (χ4n) is 5.70. The van der Waals surface area contributed by atoms with Crippen molar-refractivity contribution in [1.29, 1.82) is 5.26 Å². The number of nitriles is 1. The summed E-state index contributed by atoms with van der Waals surface area (Å²) in [5.74, 6) is 0.848. The maximum absolute atomic E-state index is 13.7. The molecule has 40 heavy (non-hydrogen) atoms. The maximum Gasteiger partial charge on any atom is 0.254 e. The zero-order valence-electron chi connectivity index (χ0n) is 22.5. The molecule has 1 amide bonds. The number of carbonyl (C=O) groups is 1. The van der Waals surface area contributed by atoms with Crippen molar-refractivity contribution in [1.82, 2.24) is 14.7 Å². The van der Waals surface area contributed by atoms with Gasteiger partial charge < -0.3 is 9.80 Å². The van der Waals surface area contributed by atoms with Gasteiger partial charge in [-0.25, -0.2) is 0 Å². The van der Waals surface area contributed by atoms with Crippen molar-refractivity contribution < 1.29 is 13.9 Å². The van der Waals surface area contributed by atoms with Crippen molar-refractivity contribution in [2.45, 2.75) is 18.4 Å². The fourth-order valence-corrected chi connectivity index (χ4v) is 7.27. The van der Waals surface area contributed by atoms with Crippen molar-refractivity contribution >= 4 is 50.5 Å². The lowest BCUT2D eigenvalue weighted by Gasteiger charge is -2.50. The summed E-state index contributed by atoms with van der Waals surface area (Å²) in [5, 5.41) is 12.2. The molecule has 2 heterocycles. The van der Waals surface area contributed by atoms with Gasteiger partial charge in [-0.2, -0.15) is 15.9 Å². The first-order valence-electron chi connectivity index (χ1n) is 13.5. The van der Waals surface area contributed by atoms with Crippen LogP contribution >= 0.6 is 33.8 Å². The smallest absolute Gasteiger partial charge is 0.254 e. The normalized spacial score (nSPS) is 19.5. The van der Waals surface area contributed by atoms with Gasteiger partial charge in [-0.1, -0.05) is 53.5 Å². The van der Waals surface area contributed by atoms with E-state index in [0.29, 0.717) is 45.3 Å². The van der Waals surface area contributed by atoms with Gasteiger partial charge in [0.1, 0.15) is 0 Å². The van der Waals surface area contributed by atoms with E-state index < -0.39 is 10.6 Å². The molecule has 2 N–H and O–H groups in total. The molecule has 0 bridgehead atoms. The van der Waals surface area contributed by atoms with Crippen LogP contribution in [0.1, 0.15) is 33.8 Å². The summed E-state index contributed by atoms with van der Waals surface area (Å²) in [6.07, 6.45) is 0.835. The van der Waals surface area contributed by atoms with Crippen LogP contribution in [0.5, 0.6) is 0 Å². The Labute approximate surface area is 247 Å². The van der Waals surface area contributed by atoms with Crippen LogP contribution in [0.3, 0.4) is 0 Å². The Bertz CT molecular complexity index is 1430. The van der Waals surface area contributed by atoms with E-state index in [2.05, 4.69) is 15.9 Å². The first-order valence-corrected chi connectivity index (χ1v) is 16.1. The van der Waals surface area contributed by atoms with E-state index in [4.69, 9.17) is 23.2 Å². The van der Waals surface area contributed by atoms with Crippen LogP contribution in [-0.2, 0) is 0 Å². The van der Waals surface area contributed by atoms with Crippen LogP contribution in [0.2, 0.25) is 10.0 Å². The van der Waals surface area contributed by atoms with Crippen LogP contribution < -0.4 is 0 Å². The molecule has 0 unspecified atom stereocenters. The van der Waals surface area contributed by atoms with Crippen molar-refractivity contribution in [2.24, 2.45) is 0 Å². The van der Waals surface area contributed by atoms with Crippen LogP contribution in [0.4, 0.5) is 0 Å². The highest BCUT2D eigenvalue weighted by molar-refractivity contribution is 8.24. The van der Waals surface area contributed by atoms with E-state index in [-0.39, 0.29) is 11.8 Å². The number of likely N-dealkylation sites (N-methyl/N-ethyl adjacent to an activating group) is 1. The zero-order chi connectivity index (χ0) is 28.4. The second-order valence-electron chi connectivity index (χ2n) is 10.9. The number of carbonyl (C=O) groups excluding carboxylic acids is 1. The predicted octanol–water partition coefficient (Wildman–Crippen LogP) is 6.01. The molecule has 7 nitrogen and oxygen atoms in total. The van der Waals surface area contributed by atoms with Crippen LogP contribution in [0, 0.1) is 11.3 Å². The second kappa shape index (κ2) is 12.3. The minimum absolute atomic E-state index is 0.0381. The van der Waals surface area contributed by atoms with Crippen molar-refractivity contribution in [2.75, 3.05) is 57.8 Å². The molecule has 5 rings (SSSR count). The molecule has 0 saturated carbocycles. The molecule has 0 spiro atoms. The van der Waals surface area contributed by atoms with Crippen LogP contribution in [0.25, 0.3) is 10.8 Å². The van der Waals surface area contributed by atoms with E-state index in [0.717, 1.165) is 55.5 Å². The van der Waals surface area contributed by atoms with Crippen molar-refractivity contribution in [3.05, 3.63) is 81.3 Å². The van der Waals surface area contributed by atoms with Gasteiger partial charge in [0, 0.05) is 57.3 Å². The molecular weight excluding hydrogens is 567 g/mol. The first kappa shape index (κ1) is 29.2. The number of hydrogen-bond donors (Lipinski definition) is 2. The minimum Gasteiger partial charge on any atom is -0.341 e. The highest BCUT2D eigenvalue weighted by Gasteiger charge is 2.35. The number of halogens is 2. The predicted molar refractivity (Wildman–Crippen MR) is 164 cm³/mol. The molecule has 212 valence electrons. The third kappa shape index (κ3) is 6.58. The number of hydrogen-bond acceptors (Lipinski definition) is 6. The van der Waals surface area contributed by atoms with Gasteiger partial charge in [-0.3, -0.25) is 18.8 Å². The summed E-state index contributed by atoms with van der Waals surface area (Å²) in [7, 11) is -0.578. The number of benzene rings is 3. The molecule has 10 heteroatoms. The third-order valence-electron chi connectivity index (χ3n) is 8.14. The van der Waals surface area contributed by atoms with Gasteiger partial charge in [-0.15, -0.1) is 0 Å². The lowest BCUT2D eigenvalue weighted by atomic mass is 9.93. The monoisotopic (exact) mass is 600 g/mol. The summed E-state index contributed by atoms with van der Waals surface area (Å²) >= 11 is 12.6. The minimum atomic E-state index is -2.38. The Hall–Kier alpha value is -2.35. The van der Waals surface area contributed by atoms with Gasteiger partial charge in [0.05, 0.1) is 33.2 Å². The fraction of sp³-hybridized carbons (Fsp3) is 0.400. The number of fused-ring (bicyclic) bond motifs is 1. The Morgan fingerprint density at radius 1 is 1.10 bits per heavy atom. The van der Waals surface area contributed by atoms with Crippen LogP contribution in [0.15, 0.2) is 54.6 Å². The topological polar surface area (TPSA) is 91.0 Å². The molecule has 1 atom stereocenters. The number of amides is 1. The second-order valence-corrected chi connectivity index (χ2v) is 14.1.